The van der Waals surface area contributed by atoms with E-state index in [2.05, 4.69) is 34.2 Å². The van der Waals surface area contributed by atoms with Crippen LogP contribution in [0.5, 0.6) is 5.75 Å². The fourth-order valence-corrected chi connectivity index (χ4v) is 4.08. The van der Waals surface area contributed by atoms with Crippen LogP contribution in [0.1, 0.15) is 44.6 Å². The highest BCUT2D eigenvalue weighted by Crippen LogP contribution is 2.26. The third kappa shape index (κ3) is 5.28. The van der Waals surface area contributed by atoms with Crippen molar-refractivity contribution in [3.63, 3.8) is 0 Å². The Morgan fingerprint density at radius 2 is 2.16 bits per heavy atom. The van der Waals surface area contributed by atoms with Crippen LogP contribution in [0.25, 0.3) is 6.58 Å². The number of hydrogen-bond acceptors (Lipinski definition) is 6. The van der Waals surface area contributed by atoms with Crippen LogP contribution in [0.4, 0.5) is 5.69 Å². The van der Waals surface area contributed by atoms with Crippen LogP contribution >= 0.6 is 0 Å². The smallest absolute Gasteiger partial charge is 0.274 e. The van der Waals surface area contributed by atoms with Gasteiger partial charge in [-0.15, -0.1) is 0 Å². The fourth-order valence-electron chi connectivity index (χ4n) is 4.08. The van der Waals surface area contributed by atoms with E-state index in [0.717, 1.165) is 62.3 Å². The molecule has 2 aliphatic heterocycles. The molecule has 2 aromatic rings. The molecule has 1 aromatic carbocycles. The van der Waals surface area contributed by atoms with Crippen LogP contribution in [-0.4, -0.2) is 52.8 Å². The Hall–Kier alpha value is -2.91. The Bertz CT molecular complexity index is 1120. The zero-order chi connectivity index (χ0) is 22.5. The van der Waals surface area contributed by atoms with E-state index in [1.165, 1.54) is 0 Å². The SMILES string of the molecule is C=c1c(=O)[nH]c2n1Cc1cc(OCCCCCCC(=O)NN3CCNCC3C)ccc1N=2. The summed E-state index contributed by atoms with van der Waals surface area (Å²) < 4.78 is 7.69. The summed E-state index contributed by atoms with van der Waals surface area (Å²) in [5, 5.41) is 5.76. The average molecular weight is 441 g/mol. The maximum absolute atomic E-state index is 12.1. The summed E-state index contributed by atoms with van der Waals surface area (Å²) >= 11 is 0. The number of imidazole rings is 1. The highest BCUT2D eigenvalue weighted by atomic mass is 16.5. The molecule has 1 saturated heterocycles. The highest BCUT2D eigenvalue weighted by molar-refractivity contribution is 5.75. The zero-order valence-corrected chi connectivity index (χ0v) is 18.7. The van der Waals surface area contributed by atoms with Gasteiger partial charge in [-0.25, -0.2) is 10.0 Å². The number of hydrogen-bond donors (Lipinski definition) is 3. The number of benzene rings is 1. The van der Waals surface area contributed by atoms with Crippen molar-refractivity contribution in [3.8, 4) is 5.75 Å². The highest BCUT2D eigenvalue weighted by Gasteiger charge is 2.19. The average Bonchev–Trinajstić information content (AvgIpc) is 3.06. The summed E-state index contributed by atoms with van der Waals surface area (Å²) in [7, 11) is 0. The Morgan fingerprint density at radius 3 is 3.00 bits per heavy atom. The second-order valence-electron chi connectivity index (χ2n) is 8.51. The van der Waals surface area contributed by atoms with Crippen LogP contribution in [0, 0.1) is 0 Å². The van der Waals surface area contributed by atoms with E-state index in [1.807, 2.05) is 23.2 Å². The van der Waals surface area contributed by atoms with E-state index in [0.29, 0.717) is 36.6 Å². The molecule has 3 heterocycles. The Balaban J connectivity index is 1.14. The molecule has 0 bridgehead atoms. The molecule has 0 saturated carbocycles. The van der Waals surface area contributed by atoms with Gasteiger partial charge in [-0.05, 0) is 38.0 Å². The first kappa shape index (κ1) is 22.3. The minimum absolute atomic E-state index is 0.104. The molecule has 1 amide bonds. The summed E-state index contributed by atoms with van der Waals surface area (Å²) in [6.07, 6.45) is 4.42. The minimum Gasteiger partial charge on any atom is -0.494 e. The molecule has 1 unspecified atom stereocenters. The Kier molecular flexibility index (Phi) is 7.06. The second-order valence-corrected chi connectivity index (χ2v) is 8.51. The second kappa shape index (κ2) is 10.1. The first-order chi connectivity index (χ1) is 15.5. The number of rotatable bonds is 9. The first-order valence-corrected chi connectivity index (χ1v) is 11.4. The van der Waals surface area contributed by atoms with Gasteiger partial charge in [0.25, 0.3) is 5.56 Å². The maximum atomic E-state index is 12.1. The molecule has 9 heteroatoms. The van der Waals surface area contributed by atoms with Crippen LogP contribution in [-0.2, 0) is 11.3 Å². The van der Waals surface area contributed by atoms with E-state index in [1.54, 1.807) is 4.57 Å². The van der Waals surface area contributed by atoms with Gasteiger partial charge in [0.15, 0.2) is 0 Å². The number of fused-ring (bicyclic) bond motifs is 2. The maximum Gasteiger partial charge on any atom is 0.274 e. The van der Waals surface area contributed by atoms with Gasteiger partial charge >= 0.3 is 0 Å². The molecular formula is C23H32N6O3. The van der Waals surface area contributed by atoms with Crippen molar-refractivity contribution in [2.24, 2.45) is 4.99 Å². The van der Waals surface area contributed by atoms with Crippen LogP contribution < -0.4 is 32.0 Å². The molecule has 0 aliphatic carbocycles. The molecule has 9 nitrogen and oxygen atoms in total. The quantitative estimate of drug-likeness (QED) is 0.422. The number of hydrazine groups is 1. The summed E-state index contributed by atoms with van der Waals surface area (Å²) in [6, 6.07) is 6.13. The number of nitrogens with zero attached hydrogens (tertiary/aromatic N) is 3. The van der Waals surface area contributed by atoms with Gasteiger partial charge in [-0.2, -0.15) is 0 Å². The molecule has 4 rings (SSSR count). The molecule has 1 aromatic heterocycles. The normalized spacial score (nSPS) is 17.8. The summed E-state index contributed by atoms with van der Waals surface area (Å²) in [4.78, 5) is 31.1. The van der Waals surface area contributed by atoms with E-state index >= 15 is 0 Å². The van der Waals surface area contributed by atoms with E-state index in [9.17, 15) is 9.59 Å². The van der Waals surface area contributed by atoms with E-state index in [4.69, 9.17) is 4.74 Å². The number of H-pyrrole nitrogens is 1. The third-order valence-corrected chi connectivity index (χ3v) is 6.01. The van der Waals surface area contributed by atoms with Gasteiger partial charge < -0.3 is 14.6 Å². The number of nitrogens with one attached hydrogen (secondary N) is 3. The van der Waals surface area contributed by atoms with Gasteiger partial charge in [-0.3, -0.25) is 20.0 Å². The predicted octanol–water partition coefficient (Wildman–Crippen LogP) is 0.554. The number of piperazine rings is 1. The van der Waals surface area contributed by atoms with Crippen LogP contribution in [0.2, 0.25) is 0 Å². The Morgan fingerprint density at radius 1 is 1.31 bits per heavy atom. The minimum atomic E-state index is -0.205. The van der Waals surface area contributed by atoms with Gasteiger partial charge in [0.05, 0.1) is 18.8 Å². The number of carbonyl (C=O) groups is 1. The van der Waals surface area contributed by atoms with Crippen molar-refractivity contribution < 1.29 is 9.53 Å². The zero-order valence-electron chi connectivity index (χ0n) is 18.7. The van der Waals surface area contributed by atoms with Crippen molar-refractivity contribution in [1.29, 1.82) is 0 Å². The molecule has 2 aliphatic rings. The number of unbranched alkanes of at least 4 members (excludes halogenated alkanes) is 3. The molecule has 1 fully saturated rings. The van der Waals surface area contributed by atoms with Gasteiger partial charge in [0.2, 0.25) is 11.5 Å². The number of carbonyl (C=O) groups excluding carboxylic acids is 1. The molecule has 0 spiro atoms. The fraction of sp³-hybridized carbons (Fsp3) is 0.522. The topological polar surface area (TPSA) is 104 Å². The lowest BCUT2D eigenvalue weighted by atomic mass is 10.1. The lowest BCUT2D eigenvalue weighted by Gasteiger charge is -2.33. The lowest BCUT2D eigenvalue weighted by Crippen LogP contribution is -2.57. The standard InChI is InChI=1S/C23H32N6O3/c1-16-14-24-10-11-29(16)27-21(30)7-5-3-4-6-12-32-19-8-9-20-18(13-19)15-28-17(2)22(31)26-23(28)25-20/h8-9,13,16,24H,2-7,10-12,14-15H2,1H3,(H,27,30)(H,25,26,31). The summed E-state index contributed by atoms with van der Waals surface area (Å²) in [5.41, 5.74) is 5.21. The van der Waals surface area contributed by atoms with Crippen molar-refractivity contribution in [1.82, 2.24) is 25.3 Å². The molecule has 172 valence electrons. The number of aromatic amines is 1. The molecule has 0 radical (unpaired) electrons. The predicted molar refractivity (Wildman–Crippen MR) is 122 cm³/mol. The molecular weight excluding hydrogens is 408 g/mol. The van der Waals surface area contributed by atoms with Gasteiger partial charge in [0.1, 0.15) is 11.1 Å². The monoisotopic (exact) mass is 440 g/mol. The van der Waals surface area contributed by atoms with Gasteiger partial charge in [0, 0.05) is 37.7 Å². The van der Waals surface area contributed by atoms with Crippen molar-refractivity contribution >= 4 is 18.2 Å². The largest absolute Gasteiger partial charge is 0.494 e. The summed E-state index contributed by atoms with van der Waals surface area (Å²) in [5.74, 6) is 0.906. The van der Waals surface area contributed by atoms with E-state index < -0.39 is 0 Å². The van der Waals surface area contributed by atoms with Crippen molar-refractivity contribution in [2.45, 2.75) is 51.6 Å². The third-order valence-electron chi connectivity index (χ3n) is 6.01. The first-order valence-electron chi connectivity index (χ1n) is 11.4. The van der Waals surface area contributed by atoms with Gasteiger partial charge in [-0.1, -0.05) is 19.4 Å². The lowest BCUT2D eigenvalue weighted by molar-refractivity contribution is -0.127. The van der Waals surface area contributed by atoms with Crippen molar-refractivity contribution in [3.05, 3.63) is 45.1 Å². The van der Waals surface area contributed by atoms with E-state index in [-0.39, 0.29) is 11.5 Å². The summed E-state index contributed by atoms with van der Waals surface area (Å²) in [6.45, 7) is 9.78. The van der Waals surface area contributed by atoms with Crippen LogP contribution in [0.3, 0.4) is 0 Å². The molecule has 1 atom stereocenters. The number of aromatic nitrogens is 2. The number of ether oxygens (including phenoxy) is 1. The molecule has 3 N–H and O–H groups in total. The van der Waals surface area contributed by atoms with Crippen LogP contribution in [0.15, 0.2) is 28.0 Å². The Labute approximate surface area is 187 Å². The number of amides is 1. The molecule has 32 heavy (non-hydrogen) atoms. The van der Waals surface area contributed by atoms with Crippen molar-refractivity contribution in [2.75, 3.05) is 26.2 Å².